The minimum Gasteiger partial charge on any atom is -0.393 e. The Morgan fingerprint density at radius 1 is 1.33 bits per heavy atom. The molecule has 0 saturated carbocycles. The molecule has 1 fully saturated rings. The first kappa shape index (κ1) is 12.0. The number of carbonyl (C=O) groups excluding carboxylic acids is 2. The van der Waals surface area contributed by atoms with Gasteiger partial charge < -0.3 is 4.74 Å². The van der Waals surface area contributed by atoms with Crippen LogP contribution in [-0.4, -0.2) is 11.9 Å². The van der Waals surface area contributed by atoms with Crippen molar-refractivity contribution in [3.63, 3.8) is 0 Å². The maximum absolute atomic E-state index is 11.1. The van der Waals surface area contributed by atoms with Gasteiger partial charge in [-0.25, -0.2) is 0 Å². The topological polar surface area (TPSA) is 43.4 Å². The molecule has 15 heavy (non-hydrogen) atoms. The largest absolute Gasteiger partial charge is 0.393 e. The van der Waals surface area contributed by atoms with Crippen LogP contribution in [0.25, 0.3) is 0 Å². The van der Waals surface area contributed by atoms with E-state index in [0.717, 1.165) is 12.8 Å². The summed E-state index contributed by atoms with van der Waals surface area (Å²) in [6, 6.07) is 0. The molecule has 0 aromatic heterocycles. The molecule has 0 aromatic carbocycles. The van der Waals surface area contributed by atoms with Gasteiger partial charge in [0.05, 0.1) is 12.3 Å². The monoisotopic (exact) mass is 210 g/mol. The first-order chi connectivity index (χ1) is 7.24. The summed E-state index contributed by atoms with van der Waals surface area (Å²) in [5.74, 6) is -1.13. The Hall–Kier alpha value is -1.12. The average Bonchev–Trinajstić information content (AvgIpc) is 2.51. The van der Waals surface area contributed by atoms with Crippen LogP contribution in [0.2, 0.25) is 0 Å². The molecule has 0 spiro atoms. The van der Waals surface area contributed by atoms with Gasteiger partial charge in [0, 0.05) is 0 Å². The van der Waals surface area contributed by atoms with Crippen LogP contribution in [0.3, 0.4) is 0 Å². The highest BCUT2D eigenvalue weighted by atomic mass is 16.6. The zero-order valence-corrected chi connectivity index (χ0v) is 9.20. The molecular formula is C12H18O3. The van der Waals surface area contributed by atoms with Crippen LogP contribution in [-0.2, 0) is 14.3 Å². The maximum Gasteiger partial charge on any atom is 0.321 e. The molecule has 0 aliphatic carbocycles. The van der Waals surface area contributed by atoms with Gasteiger partial charge in [-0.1, -0.05) is 38.3 Å². The second kappa shape index (κ2) is 6.38. The predicted octanol–water partition coefficient (Wildman–Crippen LogP) is 2.60. The SMILES string of the molecule is CCCCCC/C=C/C1CC(=O)OC1=O. The van der Waals surface area contributed by atoms with Crippen molar-refractivity contribution in [3.8, 4) is 0 Å². The molecule has 0 N–H and O–H groups in total. The number of allylic oxidation sites excluding steroid dienone is 1. The number of unbranched alkanes of at least 4 members (excludes halogenated alkanes) is 4. The van der Waals surface area contributed by atoms with Crippen LogP contribution in [0, 0.1) is 5.92 Å². The van der Waals surface area contributed by atoms with E-state index in [4.69, 9.17) is 0 Å². The van der Waals surface area contributed by atoms with E-state index in [2.05, 4.69) is 11.7 Å². The van der Waals surface area contributed by atoms with Crippen molar-refractivity contribution in [1.82, 2.24) is 0 Å². The van der Waals surface area contributed by atoms with Gasteiger partial charge in [0.2, 0.25) is 0 Å². The number of esters is 2. The van der Waals surface area contributed by atoms with Crippen LogP contribution >= 0.6 is 0 Å². The van der Waals surface area contributed by atoms with Crippen molar-refractivity contribution in [3.05, 3.63) is 12.2 Å². The molecule has 3 nitrogen and oxygen atoms in total. The molecule has 1 heterocycles. The molecular weight excluding hydrogens is 192 g/mol. The normalized spacial score (nSPS) is 21.3. The molecule has 1 saturated heterocycles. The smallest absolute Gasteiger partial charge is 0.321 e. The highest BCUT2D eigenvalue weighted by Gasteiger charge is 2.30. The summed E-state index contributed by atoms with van der Waals surface area (Å²) >= 11 is 0. The second-order valence-corrected chi connectivity index (χ2v) is 3.88. The summed E-state index contributed by atoms with van der Waals surface area (Å²) in [4.78, 5) is 21.8. The third-order valence-electron chi connectivity index (χ3n) is 2.50. The Labute approximate surface area is 90.5 Å². The number of hydrogen-bond donors (Lipinski definition) is 0. The molecule has 84 valence electrons. The van der Waals surface area contributed by atoms with E-state index >= 15 is 0 Å². The summed E-state index contributed by atoms with van der Waals surface area (Å²) in [6.45, 7) is 2.18. The summed E-state index contributed by atoms with van der Waals surface area (Å²) < 4.78 is 4.44. The van der Waals surface area contributed by atoms with E-state index in [1.165, 1.54) is 19.3 Å². The molecule has 1 rings (SSSR count). The highest BCUT2D eigenvalue weighted by molar-refractivity contribution is 5.95. The van der Waals surface area contributed by atoms with Crippen LogP contribution in [0.5, 0.6) is 0 Å². The maximum atomic E-state index is 11.1. The summed E-state index contributed by atoms with van der Waals surface area (Å²) in [6.07, 6.45) is 9.86. The fourth-order valence-corrected chi connectivity index (χ4v) is 1.59. The lowest BCUT2D eigenvalue weighted by Gasteiger charge is -1.96. The van der Waals surface area contributed by atoms with E-state index in [0.29, 0.717) is 0 Å². The van der Waals surface area contributed by atoms with E-state index in [1.807, 2.05) is 6.08 Å². The Bertz CT molecular complexity index is 256. The van der Waals surface area contributed by atoms with Crippen molar-refractivity contribution in [2.75, 3.05) is 0 Å². The third kappa shape index (κ3) is 4.28. The minimum absolute atomic E-state index is 0.213. The third-order valence-corrected chi connectivity index (χ3v) is 2.50. The fourth-order valence-electron chi connectivity index (χ4n) is 1.59. The molecule has 1 atom stereocenters. The van der Waals surface area contributed by atoms with Crippen molar-refractivity contribution >= 4 is 11.9 Å². The second-order valence-electron chi connectivity index (χ2n) is 3.88. The highest BCUT2D eigenvalue weighted by Crippen LogP contribution is 2.17. The van der Waals surface area contributed by atoms with Gasteiger partial charge in [-0.2, -0.15) is 0 Å². The number of rotatable bonds is 6. The quantitative estimate of drug-likeness (QED) is 0.293. The zero-order valence-electron chi connectivity index (χ0n) is 9.20. The Balaban J connectivity index is 2.15. The average molecular weight is 210 g/mol. The van der Waals surface area contributed by atoms with Crippen LogP contribution in [0.15, 0.2) is 12.2 Å². The molecule has 1 aliphatic heterocycles. The lowest BCUT2D eigenvalue weighted by atomic mass is 10.1. The first-order valence-corrected chi connectivity index (χ1v) is 5.65. The van der Waals surface area contributed by atoms with Gasteiger partial charge >= 0.3 is 11.9 Å². The van der Waals surface area contributed by atoms with Crippen LogP contribution in [0.4, 0.5) is 0 Å². The lowest BCUT2D eigenvalue weighted by molar-refractivity contribution is -0.152. The Morgan fingerprint density at radius 2 is 2.13 bits per heavy atom. The van der Waals surface area contributed by atoms with Crippen molar-refractivity contribution in [2.45, 2.75) is 45.4 Å². The fraction of sp³-hybridized carbons (Fsp3) is 0.667. The van der Waals surface area contributed by atoms with E-state index < -0.39 is 11.9 Å². The van der Waals surface area contributed by atoms with Crippen LogP contribution < -0.4 is 0 Å². The van der Waals surface area contributed by atoms with Crippen molar-refractivity contribution < 1.29 is 14.3 Å². The number of carbonyl (C=O) groups is 2. The standard InChI is InChI=1S/C12H18O3/c1-2-3-4-5-6-7-8-10-9-11(13)15-12(10)14/h7-8,10H,2-6,9H2,1H3/b8-7+. The molecule has 1 aliphatic rings. The summed E-state index contributed by atoms with van der Waals surface area (Å²) in [5.41, 5.74) is 0. The van der Waals surface area contributed by atoms with Gasteiger partial charge in [0.1, 0.15) is 0 Å². The first-order valence-electron chi connectivity index (χ1n) is 5.65. The van der Waals surface area contributed by atoms with Crippen LogP contribution in [0.1, 0.15) is 45.4 Å². The Morgan fingerprint density at radius 3 is 2.73 bits per heavy atom. The zero-order chi connectivity index (χ0) is 11.1. The molecule has 0 amide bonds. The summed E-state index contributed by atoms with van der Waals surface area (Å²) in [5, 5.41) is 0. The summed E-state index contributed by atoms with van der Waals surface area (Å²) in [7, 11) is 0. The number of ether oxygens (including phenoxy) is 1. The van der Waals surface area contributed by atoms with E-state index in [1.54, 1.807) is 6.08 Å². The van der Waals surface area contributed by atoms with Gasteiger partial charge in [-0.15, -0.1) is 0 Å². The van der Waals surface area contributed by atoms with E-state index in [9.17, 15) is 9.59 Å². The van der Waals surface area contributed by atoms with Gasteiger partial charge in [-0.05, 0) is 12.8 Å². The van der Waals surface area contributed by atoms with Gasteiger partial charge in [0.25, 0.3) is 0 Å². The molecule has 0 radical (unpaired) electrons. The lowest BCUT2D eigenvalue weighted by Crippen LogP contribution is -2.03. The van der Waals surface area contributed by atoms with Gasteiger partial charge in [0.15, 0.2) is 0 Å². The molecule has 0 bridgehead atoms. The molecule has 3 heteroatoms. The van der Waals surface area contributed by atoms with E-state index in [-0.39, 0.29) is 12.3 Å². The molecule has 0 aromatic rings. The Kier molecular flexibility index (Phi) is 5.08. The van der Waals surface area contributed by atoms with Gasteiger partial charge in [-0.3, -0.25) is 9.59 Å². The predicted molar refractivity (Wildman–Crippen MR) is 57.1 cm³/mol. The molecule has 1 unspecified atom stereocenters. The number of hydrogen-bond acceptors (Lipinski definition) is 3. The van der Waals surface area contributed by atoms with Crippen molar-refractivity contribution in [1.29, 1.82) is 0 Å². The number of cyclic esters (lactones) is 2. The minimum atomic E-state index is -0.402. The van der Waals surface area contributed by atoms with Crippen molar-refractivity contribution in [2.24, 2.45) is 5.92 Å².